The number of imide groups is 1. The van der Waals surface area contributed by atoms with Crippen molar-refractivity contribution in [3.63, 3.8) is 0 Å². The molecule has 0 aliphatic carbocycles. The van der Waals surface area contributed by atoms with Gasteiger partial charge in [-0.2, -0.15) is 0 Å². The first kappa shape index (κ1) is 18.1. The second-order valence-electron chi connectivity index (χ2n) is 4.25. The quantitative estimate of drug-likeness (QED) is 0.529. The second-order valence-corrected chi connectivity index (χ2v) is 6.11. The summed E-state index contributed by atoms with van der Waals surface area (Å²) >= 11 is 12.2. The zero-order valence-electron chi connectivity index (χ0n) is 11.7. The molecular weight excluding hydrogens is 381 g/mol. The third kappa shape index (κ3) is 5.15. The van der Waals surface area contributed by atoms with Crippen molar-refractivity contribution in [2.75, 3.05) is 6.61 Å². The fourth-order valence-corrected chi connectivity index (χ4v) is 2.60. The molecule has 2 rings (SSSR count). The van der Waals surface area contributed by atoms with Gasteiger partial charge in [-0.1, -0.05) is 23.2 Å². The van der Waals surface area contributed by atoms with Crippen molar-refractivity contribution >= 4 is 57.9 Å². The predicted octanol–water partition coefficient (Wildman–Crippen LogP) is 1.39. The summed E-state index contributed by atoms with van der Waals surface area (Å²) in [5, 5.41) is 2.07. The van der Waals surface area contributed by atoms with E-state index in [-0.39, 0.29) is 15.7 Å². The van der Waals surface area contributed by atoms with E-state index < -0.39 is 29.6 Å². The number of hydrazine groups is 1. The zero-order valence-corrected chi connectivity index (χ0v) is 14.1. The van der Waals surface area contributed by atoms with Crippen LogP contribution in [0.4, 0.5) is 4.79 Å². The number of nitrogens with one attached hydrogen (secondary N) is 3. The van der Waals surface area contributed by atoms with E-state index in [0.717, 1.165) is 6.08 Å². The number of benzene rings is 1. The van der Waals surface area contributed by atoms with Crippen molar-refractivity contribution in [3.8, 4) is 5.75 Å². The molecule has 24 heavy (non-hydrogen) atoms. The van der Waals surface area contributed by atoms with Gasteiger partial charge in [0.15, 0.2) is 6.61 Å². The summed E-state index contributed by atoms with van der Waals surface area (Å²) in [6.07, 6.45) is 0.891. The van der Waals surface area contributed by atoms with Gasteiger partial charge in [0, 0.05) is 11.1 Å². The van der Waals surface area contributed by atoms with Crippen LogP contribution < -0.4 is 20.9 Å². The molecule has 4 amide bonds. The molecule has 1 fully saturated rings. The Hall–Kier alpha value is -2.23. The summed E-state index contributed by atoms with van der Waals surface area (Å²) in [4.78, 5) is 45.2. The van der Waals surface area contributed by atoms with Crippen LogP contribution in [0.25, 0.3) is 0 Å². The van der Waals surface area contributed by atoms with Crippen molar-refractivity contribution in [1.29, 1.82) is 0 Å². The van der Waals surface area contributed by atoms with E-state index in [1.165, 1.54) is 12.1 Å². The normalized spacial score (nSPS) is 15.2. The van der Waals surface area contributed by atoms with E-state index in [1.807, 2.05) is 5.32 Å². The first-order chi connectivity index (χ1) is 11.3. The van der Waals surface area contributed by atoms with Gasteiger partial charge in [-0.25, -0.2) is 0 Å². The molecule has 1 aliphatic heterocycles. The van der Waals surface area contributed by atoms with Gasteiger partial charge >= 0.3 is 0 Å². The van der Waals surface area contributed by atoms with Crippen molar-refractivity contribution < 1.29 is 23.9 Å². The van der Waals surface area contributed by atoms with E-state index in [4.69, 9.17) is 27.9 Å². The lowest BCUT2D eigenvalue weighted by atomic mass is 10.3. The minimum atomic E-state index is -0.778. The molecule has 1 saturated heterocycles. The Balaban J connectivity index is 1.78. The SMILES string of the molecule is O=C(/C=C1\SC(=O)NC1=O)NNC(=O)COc1ccc(Cl)cc1Cl. The van der Waals surface area contributed by atoms with Crippen molar-refractivity contribution in [2.24, 2.45) is 0 Å². The number of hydrogen-bond donors (Lipinski definition) is 3. The predicted molar refractivity (Wildman–Crippen MR) is 87.5 cm³/mol. The Kier molecular flexibility index (Phi) is 6.07. The van der Waals surface area contributed by atoms with Gasteiger partial charge in [0.1, 0.15) is 5.75 Å². The van der Waals surface area contributed by atoms with Gasteiger partial charge in [0.25, 0.3) is 23.0 Å². The van der Waals surface area contributed by atoms with Crippen molar-refractivity contribution in [2.45, 2.75) is 0 Å². The molecule has 11 heteroatoms. The van der Waals surface area contributed by atoms with Crippen LogP contribution in [0, 0.1) is 0 Å². The topological polar surface area (TPSA) is 114 Å². The van der Waals surface area contributed by atoms with Gasteiger partial charge in [0.2, 0.25) is 0 Å². The molecule has 8 nitrogen and oxygen atoms in total. The number of rotatable bonds is 4. The lowest BCUT2D eigenvalue weighted by molar-refractivity contribution is -0.128. The van der Waals surface area contributed by atoms with Crippen LogP contribution in [0.1, 0.15) is 0 Å². The lowest BCUT2D eigenvalue weighted by Crippen LogP contribution is -2.43. The molecule has 1 heterocycles. The van der Waals surface area contributed by atoms with E-state index in [2.05, 4.69) is 10.9 Å². The second kappa shape index (κ2) is 8.04. The van der Waals surface area contributed by atoms with E-state index in [1.54, 1.807) is 6.07 Å². The number of carbonyl (C=O) groups is 4. The summed E-state index contributed by atoms with van der Waals surface area (Å²) in [6.45, 7) is -0.411. The molecule has 1 aromatic carbocycles. The van der Waals surface area contributed by atoms with Gasteiger partial charge < -0.3 is 4.74 Å². The molecule has 1 aromatic rings. The van der Waals surface area contributed by atoms with Crippen LogP contribution in [0.3, 0.4) is 0 Å². The fraction of sp³-hybridized carbons (Fsp3) is 0.0769. The van der Waals surface area contributed by atoms with E-state index in [0.29, 0.717) is 16.8 Å². The first-order valence-corrected chi connectivity index (χ1v) is 7.84. The molecule has 126 valence electrons. The third-order valence-corrected chi connectivity index (χ3v) is 3.82. The van der Waals surface area contributed by atoms with Crippen LogP contribution in [-0.2, 0) is 14.4 Å². The fourth-order valence-electron chi connectivity index (χ4n) is 1.48. The van der Waals surface area contributed by atoms with Crippen molar-refractivity contribution in [1.82, 2.24) is 16.2 Å². The van der Waals surface area contributed by atoms with Crippen LogP contribution in [0.2, 0.25) is 10.0 Å². The van der Waals surface area contributed by atoms with Gasteiger partial charge in [0.05, 0.1) is 9.93 Å². The maximum atomic E-state index is 11.6. The van der Waals surface area contributed by atoms with Crippen LogP contribution >= 0.6 is 35.0 Å². The minimum Gasteiger partial charge on any atom is -0.482 e. The molecule has 1 aliphatic rings. The Morgan fingerprint density at radius 2 is 2.00 bits per heavy atom. The number of amides is 4. The molecule has 0 aromatic heterocycles. The number of carbonyl (C=O) groups excluding carboxylic acids is 4. The number of ether oxygens (including phenoxy) is 1. The summed E-state index contributed by atoms with van der Waals surface area (Å²) in [5.74, 6) is -1.86. The first-order valence-electron chi connectivity index (χ1n) is 6.26. The molecule has 0 unspecified atom stereocenters. The molecule has 0 radical (unpaired) electrons. The van der Waals surface area contributed by atoms with Crippen LogP contribution in [0.15, 0.2) is 29.2 Å². The lowest BCUT2D eigenvalue weighted by Gasteiger charge is -2.09. The highest BCUT2D eigenvalue weighted by molar-refractivity contribution is 8.18. The van der Waals surface area contributed by atoms with Crippen LogP contribution in [-0.4, -0.2) is 29.6 Å². The van der Waals surface area contributed by atoms with Gasteiger partial charge in [-0.15, -0.1) is 0 Å². The minimum absolute atomic E-state index is 0.0732. The Morgan fingerprint density at radius 1 is 1.25 bits per heavy atom. The monoisotopic (exact) mass is 389 g/mol. The largest absolute Gasteiger partial charge is 0.482 e. The maximum absolute atomic E-state index is 11.6. The Labute approximate surface area is 149 Å². The maximum Gasteiger partial charge on any atom is 0.290 e. The molecular formula is C13H9Cl2N3O5S. The van der Waals surface area contributed by atoms with Crippen molar-refractivity contribution in [3.05, 3.63) is 39.2 Å². The highest BCUT2D eigenvalue weighted by atomic mass is 35.5. The number of thioether (sulfide) groups is 1. The molecule has 0 spiro atoms. The summed E-state index contributed by atoms with van der Waals surface area (Å²) < 4.78 is 5.17. The summed E-state index contributed by atoms with van der Waals surface area (Å²) in [6, 6.07) is 4.49. The Morgan fingerprint density at radius 3 is 2.62 bits per heavy atom. The summed E-state index contributed by atoms with van der Waals surface area (Å²) in [5.41, 5.74) is 4.13. The smallest absolute Gasteiger partial charge is 0.290 e. The molecule has 3 N–H and O–H groups in total. The highest BCUT2D eigenvalue weighted by Crippen LogP contribution is 2.27. The standard InChI is InChI=1S/C13H9Cl2N3O5S/c14-6-1-2-8(7(15)3-6)23-5-11(20)18-17-10(19)4-9-12(21)16-13(22)24-9/h1-4H,5H2,(H,17,19)(H,18,20)(H,16,21,22)/b9-4-. The van der Waals surface area contributed by atoms with Gasteiger partial charge in [-0.3, -0.25) is 35.3 Å². The molecule has 0 saturated carbocycles. The average molecular weight is 390 g/mol. The summed E-state index contributed by atoms with van der Waals surface area (Å²) in [7, 11) is 0. The highest BCUT2D eigenvalue weighted by Gasteiger charge is 2.25. The number of hydrogen-bond acceptors (Lipinski definition) is 6. The zero-order chi connectivity index (χ0) is 17.7. The van der Waals surface area contributed by atoms with E-state index >= 15 is 0 Å². The van der Waals surface area contributed by atoms with E-state index in [9.17, 15) is 19.2 Å². The molecule has 0 atom stereocenters. The third-order valence-electron chi connectivity index (χ3n) is 2.48. The Bertz CT molecular complexity index is 753. The average Bonchev–Trinajstić information content (AvgIpc) is 2.82. The van der Waals surface area contributed by atoms with Crippen LogP contribution in [0.5, 0.6) is 5.75 Å². The molecule has 0 bridgehead atoms. The van der Waals surface area contributed by atoms with Gasteiger partial charge in [-0.05, 0) is 30.0 Å². The number of halogens is 2.